The van der Waals surface area contributed by atoms with Crippen molar-refractivity contribution in [2.75, 3.05) is 0 Å². The summed E-state index contributed by atoms with van der Waals surface area (Å²) in [4.78, 5) is 0. The molecule has 5 nitrogen and oxygen atoms in total. The first-order valence-electron chi connectivity index (χ1n) is 6.87. The Labute approximate surface area is 126 Å². The van der Waals surface area contributed by atoms with Gasteiger partial charge in [-0.1, -0.05) is 0 Å². The molecule has 1 N–H and O–H groups in total. The molecule has 0 fully saturated rings. The molecule has 0 radical (unpaired) electrons. The van der Waals surface area contributed by atoms with Crippen molar-refractivity contribution < 1.29 is 0 Å². The molecule has 0 aromatic carbocycles. The lowest BCUT2D eigenvalue weighted by molar-refractivity contribution is 0.490. The van der Waals surface area contributed by atoms with Crippen LogP contribution in [0.4, 0.5) is 0 Å². The Bertz CT molecular complexity index is 529. The molecule has 2 aromatic heterocycles. The zero-order chi connectivity index (χ0) is 13.8. The van der Waals surface area contributed by atoms with Crippen molar-refractivity contribution in [2.45, 2.75) is 53.4 Å². The number of nitrogens with zero attached hydrogens (tertiary/aromatic N) is 4. The maximum Gasteiger partial charge on any atom is 0.0551 e. The van der Waals surface area contributed by atoms with Gasteiger partial charge in [0.25, 0.3) is 0 Å². The monoisotopic (exact) mass is 297 g/mol. The van der Waals surface area contributed by atoms with Crippen LogP contribution in [-0.4, -0.2) is 19.6 Å². The van der Waals surface area contributed by atoms with Crippen molar-refractivity contribution in [1.29, 1.82) is 0 Å². The highest BCUT2D eigenvalue weighted by Crippen LogP contribution is 2.09. The van der Waals surface area contributed by atoms with Gasteiger partial charge in [0.1, 0.15) is 0 Å². The Kier molecular flexibility index (Phi) is 6.23. The molecule has 0 spiro atoms. The maximum atomic E-state index is 4.35. The summed E-state index contributed by atoms with van der Waals surface area (Å²) < 4.78 is 4.10. The molecule has 20 heavy (non-hydrogen) atoms. The lowest BCUT2D eigenvalue weighted by Gasteiger charge is -2.12. The molecule has 2 aromatic rings. The first-order chi connectivity index (χ1) is 9.13. The lowest BCUT2D eigenvalue weighted by Crippen LogP contribution is -2.19. The molecule has 0 saturated heterocycles. The van der Waals surface area contributed by atoms with Crippen LogP contribution in [0.25, 0.3) is 0 Å². The standard InChI is InChI=1S/C14H23N5.ClH/c1-5-18-14(12(4)8-17-18)10-15-9-13-6-7-16-19(13)11(2)3;/h6-8,11,15H,5,9-10H2,1-4H3;1H. The van der Waals surface area contributed by atoms with Crippen LogP contribution in [0.15, 0.2) is 18.5 Å². The van der Waals surface area contributed by atoms with E-state index in [2.05, 4.69) is 54.0 Å². The summed E-state index contributed by atoms with van der Waals surface area (Å²) in [5.74, 6) is 0. The number of halogens is 1. The number of aryl methyl sites for hydroxylation is 2. The number of hydrogen-bond acceptors (Lipinski definition) is 3. The van der Waals surface area contributed by atoms with Crippen molar-refractivity contribution in [3.63, 3.8) is 0 Å². The Morgan fingerprint density at radius 1 is 1.25 bits per heavy atom. The SMILES string of the molecule is CCn1ncc(C)c1CNCc1ccnn1C(C)C.Cl. The van der Waals surface area contributed by atoms with Gasteiger partial charge in [-0.3, -0.25) is 9.36 Å². The quantitative estimate of drug-likeness (QED) is 0.892. The summed E-state index contributed by atoms with van der Waals surface area (Å²) in [7, 11) is 0. The van der Waals surface area contributed by atoms with Crippen LogP contribution < -0.4 is 5.32 Å². The van der Waals surface area contributed by atoms with Crippen LogP contribution in [0.1, 0.15) is 43.8 Å². The predicted octanol–water partition coefficient (Wildman–Crippen LogP) is 2.70. The van der Waals surface area contributed by atoms with Gasteiger partial charge in [0.15, 0.2) is 0 Å². The van der Waals surface area contributed by atoms with Gasteiger partial charge in [-0.05, 0) is 39.3 Å². The zero-order valence-corrected chi connectivity index (χ0v) is 13.4. The number of nitrogens with one attached hydrogen (secondary N) is 1. The van der Waals surface area contributed by atoms with E-state index in [1.807, 2.05) is 17.1 Å². The van der Waals surface area contributed by atoms with Crippen LogP contribution in [0.2, 0.25) is 0 Å². The summed E-state index contributed by atoms with van der Waals surface area (Å²) in [5.41, 5.74) is 3.72. The summed E-state index contributed by atoms with van der Waals surface area (Å²) in [6.07, 6.45) is 3.79. The van der Waals surface area contributed by atoms with E-state index in [9.17, 15) is 0 Å². The first-order valence-corrected chi connectivity index (χ1v) is 6.87. The fourth-order valence-corrected chi connectivity index (χ4v) is 2.26. The van der Waals surface area contributed by atoms with Crippen molar-refractivity contribution in [1.82, 2.24) is 24.9 Å². The van der Waals surface area contributed by atoms with Gasteiger partial charge >= 0.3 is 0 Å². The second-order valence-corrected chi connectivity index (χ2v) is 5.05. The summed E-state index contributed by atoms with van der Waals surface area (Å²) in [6, 6.07) is 2.46. The third kappa shape index (κ3) is 3.61. The van der Waals surface area contributed by atoms with Crippen molar-refractivity contribution in [2.24, 2.45) is 0 Å². The van der Waals surface area contributed by atoms with E-state index >= 15 is 0 Å². The van der Waals surface area contributed by atoms with Gasteiger partial charge in [-0.15, -0.1) is 12.4 Å². The lowest BCUT2D eigenvalue weighted by atomic mass is 10.2. The minimum Gasteiger partial charge on any atom is -0.306 e. The molecular formula is C14H24ClN5. The molecule has 2 rings (SSSR count). The highest BCUT2D eigenvalue weighted by atomic mass is 35.5. The van der Waals surface area contributed by atoms with Gasteiger partial charge in [-0.25, -0.2) is 0 Å². The van der Waals surface area contributed by atoms with Crippen LogP contribution in [0.5, 0.6) is 0 Å². The molecule has 112 valence electrons. The van der Waals surface area contributed by atoms with E-state index in [1.54, 1.807) is 0 Å². The fraction of sp³-hybridized carbons (Fsp3) is 0.571. The van der Waals surface area contributed by atoms with E-state index in [0.29, 0.717) is 6.04 Å². The largest absolute Gasteiger partial charge is 0.306 e. The van der Waals surface area contributed by atoms with Gasteiger partial charge in [-0.2, -0.15) is 10.2 Å². The molecule has 0 unspecified atom stereocenters. The highest BCUT2D eigenvalue weighted by molar-refractivity contribution is 5.85. The number of aromatic nitrogens is 4. The van der Waals surface area contributed by atoms with Crippen LogP contribution in [0.3, 0.4) is 0 Å². The summed E-state index contributed by atoms with van der Waals surface area (Å²) in [5, 5.41) is 12.2. The smallest absolute Gasteiger partial charge is 0.0551 e. The molecule has 0 aliphatic heterocycles. The second-order valence-electron chi connectivity index (χ2n) is 5.05. The van der Waals surface area contributed by atoms with Crippen molar-refractivity contribution in [3.8, 4) is 0 Å². The Balaban J connectivity index is 0.00000200. The number of rotatable bonds is 6. The van der Waals surface area contributed by atoms with Gasteiger partial charge in [0, 0.05) is 31.9 Å². The van der Waals surface area contributed by atoms with E-state index < -0.39 is 0 Å². The van der Waals surface area contributed by atoms with Gasteiger partial charge < -0.3 is 5.32 Å². The Hall–Kier alpha value is -1.33. The summed E-state index contributed by atoms with van der Waals surface area (Å²) >= 11 is 0. The second kappa shape index (κ2) is 7.45. The van der Waals surface area contributed by atoms with Crippen LogP contribution in [0, 0.1) is 6.92 Å². The minimum atomic E-state index is 0. The minimum absolute atomic E-state index is 0. The molecule has 2 heterocycles. The molecule has 0 atom stereocenters. The molecule has 0 saturated carbocycles. The van der Waals surface area contributed by atoms with E-state index in [0.717, 1.165) is 19.6 Å². The summed E-state index contributed by atoms with van der Waals surface area (Å²) in [6.45, 7) is 11.1. The molecule has 6 heteroatoms. The molecule has 0 amide bonds. The van der Waals surface area contributed by atoms with Crippen molar-refractivity contribution in [3.05, 3.63) is 35.4 Å². The van der Waals surface area contributed by atoms with Gasteiger partial charge in [0.2, 0.25) is 0 Å². The Morgan fingerprint density at radius 2 is 2.00 bits per heavy atom. The number of hydrogen-bond donors (Lipinski definition) is 1. The average Bonchev–Trinajstić information content (AvgIpc) is 2.97. The topological polar surface area (TPSA) is 47.7 Å². The van der Waals surface area contributed by atoms with Crippen molar-refractivity contribution >= 4 is 12.4 Å². The molecular weight excluding hydrogens is 274 g/mol. The van der Waals surface area contributed by atoms with E-state index in [1.165, 1.54) is 17.0 Å². The third-order valence-corrected chi connectivity index (χ3v) is 3.30. The van der Waals surface area contributed by atoms with E-state index in [4.69, 9.17) is 0 Å². The Morgan fingerprint density at radius 3 is 2.65 bits per heavy atom. The van der Waals surface area contributed by atoms with Gasteiger partial charge in [0.05, 0.1) is 17.6 Å². The zero-order valence-electron chi connectivity index (χ0n) is 12.6. The van der Waals surface area contributed by atoms with Crippen LogP contribution in [-0.2, 0) is 19.6 Å². The highest BCUT2D eigenvalue weighted by Gasteiger charge is 2.08. The average molecular weight is 298 g/mol. The maximum absolute atomic E-state index is 4.35. The molecule has 0 aliphatic rings. The molecule has 0 aliphatic carbocycles. The fourth-order valence-electron chi connectivity index (χ4n) is 2.26. The van der Waals surface area contributed by atoms with Crippen LogP contribution >= 0.6 is 12.4 Å². The third-order valence-electron chi connectivity index (χ3n) is 3.30. The normalized spacial score (nSPS) is 10.8. The molecule has 0 bridgehead atoms. The predicted molar refractivity (Wildman–Crippen MR) is 83.0 cm³/mol. The first kappa shape index (κ1) is 16.7. The van der Waals surface area contributed by atoms with E-state index in [-0.39, 0.29) is 12.4 Å².